The maximum absolute atomic E-state index is 9.00. The van der Waals surface area contributed by atoms with Gasteiger partial charge in [-0.05, 0) is 0 Å². The Morgan fingerprint density at radius 3 is 1.38 bits per heavy atom. The highest BCUT2D eigenvalue weighted by atomic mass is 32.2. The number of carboxylic acid groups (broad SMARTS) is 1. The van der Waals surface area contributed by atoms with Crippen molar-refractivity contribution in [2.45, 2.75) is 6.92 Å². The SMILES string of the molecule is CC(=O)O.O=S(=O)=O. The molecule has 5 nitrogen and oxygen atoms in total. The van der Waals surface area contributed by atoms with Gasteiger partial charge in [-0.2, -0.15) is 0 Å². The molecule has 0 heterocycles. The van der Waals surface area contributed by atoms with Gasteiger partial charge in [0.1, 0.15) is 0 Å². The Hall–Kier alpha value is -0.910. The fraction of sp³-hybridized carbons (Fsp3) is 0.500. The van der Waals surface area contributed by atoms with Gasteiger partial charge in [-0.25, -0.2) is 0 Å². The summed E-state index contributed by atoms with van der Waals surface area (Å²) in [4.78, 5) is 9.00. The lowest BCUT2D eigenvalue weighted by atomic mass is 10.9. The van der Waals surface area contributed by atoms with Crippen LogP contribution in [0.15, 0.2) is 0 Å². The van der Waals surface area contributed by atoms with Crippen LogP contribution in [0.4, 0.5) is 0 Å². The number of carbonyl (C=O) groups is 1. The third-order valence-electron chi connectivity index (χ3n) is 0. The summed E-state index contributed by atoms with van der Waals surface area (Å²) in [6, 6.07) is 0. The van der Waals surface area contributed by atoms with Crippen molar-refractivity contribution in [2.75, 3.05) is 0 Å². The van der Waals surface area contributed by atoms with Crippen molar-refractivity contribution in [2.24, 2.45) is 0 Å². The molecule has 0 spiro atoms. The summed E-state index contributed by atoms with van der Waals surface area (Å²) < 4.78 is 25.3. The molecule has 0 rings (SSSR count). The van der Waals surface area contributed by atoms with E-state index in [9.17, 15) is 0 Å². The molecule has 0 aromatic rings. The molecule has 0 amide bonds. The molecule has 0 saturated carbocycles. The smallest absolute Gasteiger partial charge is 0.425 e. The first-order chi connectivity index (χ1) is 3.46. The topological polar surface area (TPSA) is 88.5 Å². The van der Waals surface area contributed by atoms with Crippen molar-refractivity contribution in [3.8, 4) is 0 Å². The first kappa shape index (κ1) is 10.1. The highest BCUT2D eigenvalue weighted by molar-refractivity contribution is 7.59. The van der Waals surface area contributed by atoms with Crippen LogP contribution in [-0.2, 0) is 15.4 Å². The van der Waals surface area contributed by atoms with Crippen LogP contribution in [-0.4, -0.2) is 23.7 Å². The maximum Gasteiger partial charge on any atom is 0.425 e. The van der Waals surface area contributed by atoms with Crippen LogP contribution in [0.3, 0.4) is 0 Å². The second kappa shape index (κ2) is 6.09. The van der Waals surface area contributed by atoms with Gasteiger partial charge in [0, 0.05) is 6.92 Å². The van der Waals surface area contributed by atoms with E-state index in [1.165, 1.54) is 0 Å². The molecule has 0 atom stereocenters. The van der Waals surface area contributed by atoms with Gasteiger partial charge in [-0.3, -0.25) is 4.79 Å². The molecule has 0 aromatic carbocycles. The Morgan fingerprint density at radius 1 is 1.38 bits per heavy atom. The van der Waals surface area contributed by atoms with Crippen LogP contribution in [0.1, 0.15) is 6.92 Å². The van der Waals surface area contributed by atoms with Gasteiger partial charge in [0.2, 0.25) is 0 Å². The fourth-order valence-electron chi connectivity index (χ4n) is 0. The molecule has 0 aliphatic heterocycles. The quantitative estimate of drug-likeness (QED) is 0.470. The average molecular weight is 140 g/mol. The average Bonchev–Trinajstić information content (AvgIpc) is 1.25. The standard InChI is InChI=1S/C2H4O2.O3S/c1-2(3)4;1-4(2)3/h1H3,(H,3,4);. The zero-order valence-electron chi connectivity index (χ0n) is 3.99. The van der Waals surface area contributed by atoms with Crippen LogP contribution >= 0.6 is 0 Å². The van der Waals surface area contributed by atoms with E-state index in [0.717, 1.165) is 6.92 Å². The fourth-order valence-corrected chi connectivity index (χ4v) is 0. The summed E-state index contributed by atoms with van der Waals surface area (Å²) in [6.45, 7) is 1.08. The van der Waals surface area contributed by atoms with Gasteiger partial charge in [-0.1, -0.05) is 0 Å². The molecule has 0 radical (unpaired) electrons. The molecule has 0 aliphatic carbocycles. The summed E-state index contributed by atoms with van der Waals surface area (Å²) in [5.74, 6) is -0.833. The Kier molecular flexibility index (Phi) is 7.73. The molecular formula is C2H4O5S. The molecule has 0 aliphatic rings. The monoisotopic (exact) mass is 140 g/mol. The second-order valence-electron chi connectivity index (χ2n) is 0.723. The third-order valence-corrected chi connectivity index (χ3v) is 0. The van der Waals surface area contributed by atoms with Crippen LogP contribution in [0.5, 0.6) is 0 Å². The van der Waals surface area contributed by atoms with Crippen molar-refractivity contribution >= 4 is 16.6 Å². The van der Waals surface area contributed by atoms with Crippen LogP contribution in [0, 0.1) is 0 Å². The van der Waals surface area contributed by atoms with Crippen LogP contribution < -0.4 is 0 Å². The molecule has 0 unspecified atom stereocenters. The molecule has 1 N–H and O–H groups in total. The minimum Gasteiger partial charge on any atom is -0.481 e. The van der Waals surface area contributed by atoms with Crippen LogP contribution in [0.25, 0.3) is 0 Å². The van der Waals surface area contributed by atoms with Crippen molar-refractivity contribution in [3.63, 3.8) is 0 Å². The van der Waals surface area contributed by atoms with Crippen molar-refractivity contribution < 1.29 is 22.5 Å². The predicted molar refractivity (Wildman–Crippen MR) is 23.0 cm³/mol. The normalized spacial score (nSPS) is 6.12. The summed E-state index contributed by atoms with van der Waals surface area (Å²) in [5.41, 5.74) is 0. The minimum atomic E-state index is -3.11. The lowest BCUT2D eigenvalue weighted by Gasteiger charge is -1.59. The van der Waals surface area contributed by atoms with E-state index in [2.05, 4.69) is 0 Å². The van der Waals surface area contributed by atoms with Gasteiger partial charge in [-0.15, -0.1) is 12.6 Å². The minimum absolute atomic E-state index is 0.833. The lowest BCUT2D eigenvalue weighted by Crippen LogP contribution is -1.78. The Morgan fingerprint density at radius 2 is 1.38 bits per heavy atom. The van der Waals surface area contributed by atoms with Gasteiger partial charge in [0.25, 0.3) is 5.97 Å². The van der Waals surface area contributed by atoms with Crippen molar-refractivity contribution in [1.29, 1.82) is 0 Å². The van der Waals surface area contributed by atoms with E-state index >= 15 is 0 Å². The molecule has 0 saturated heterocycles. The second-order valence-corrected chi connectivity index (χ2v) is 1.13. The predicted octanol–water partition coefficient (Wildman–Crippen LogP) is -0.913. The summed E-state index contributed by atoms with van der Waals surface area (Å²) in [6.07, 6.45) is 0. The first-order valence-corrected chi connectivity index (χ1v) is 2.43. The molecular weight excluding hydrogens is 136 g/mol. The Bertz CT molecular complexity index is 139. The highest BCUT2D eigenvalue weighted by Gasteiger charge is 1.65. The molecule has 6 heteroatoms. The van der Waals surface area contributed by atoms with Gasteiger partial charge < -0.3 is 5.11 Å². The van der Waals surface area contributed by atoms with Gasteiger partial charge in [0.15, 0.2) is 0 Å². The van der Waals surface area contributed by atoms with E-state index < -0.39 is 16.6 Å². The first-order valence-electron chi connectivity index (χ1n) is 1.43. The van der Waals surface area contributed by atoms with Crippen molar-refractivity contribution in [1.82, 2.24) is 0 Å². The molecule has 0 fully saturated rings. The molecule has 48 valence electrons. The molecule has 0 bridgehead atoms. The van der Waals surface area contributed by atoms with E-state index in [0.29, 0.717) is 0 Å². The summed E-state index contributed by atoms with van der Waals surface area (Å²) in [5, 5.41) is 7.42. The number of hydrogen-bond donors (Lipinski definition) is 1. The zero-order chi connectivity index (χ0) is 7.15. The number of hydrogen-bond acceptors (Lipinski definition) is 4. The number of aliphatic carboxylic acids is 1. The van der Waals surface area contributed by atoms with Crippen molar-refractivity contribution in [3.05, 3.63) is 0 Å². The van der Waals surface area contributed by atoms with Gasteiger partial charge in [0.05, 0.1) is 0 Å². The Labute approximate surface area is 47.0 Å². The number of carboxylic acids is 1. The largest absolute Gasteiger partial charge is 0.481 e. The molecule has 8 heavy (non-hydrogen) atoms. The lowest BCUT2D eigenvalue weighted by molar-refractivity contribution is -0.134. The number of rotatable bonds is 0. The van der Waals surface area contributed by atoms with E-state index in [4.69, 9.17) is 22.5 Å². The summed E-state index contributed by atoms with van der Waals surface area (Å²) in [7, 11) is -3.11. The van der Waals surface area contributed by atoms with Crippen LogP contribution in [0.2, 0.25) is 0 Å². The van der Waals surface area contributed by atoms with E-state index in [-0.39, 0.29) is 0 Å². The maximum atomic E-state index is 9.00. The van der Waals surface area contributed by atoms with E-state index in [1.54, 1.807) is 0 Å². The summed E-state index contributed by atoms with van der Waals surface area (Å²) >= 11 is 0. The molecule has 0 aromatic heterocycles. The Balaban J connectivity index is 0. The third kappa shape index (κ3) is 103. The highest BCUT2D eigenvalue weighted by Crippen LogP contribution is 1.42. The van der Waals surface area contributed by atoms with Gasteiger partial charge >= 0.3 is 10.6 Å². The zero-order valence-corrected chi connectivity index (χ0v) is 4.80. The van der Waals surface area contributed by atoms with E-state index in [1.807, 2.05) is 0 Å².